The van der Waals surface area contributed by atoms with Gasteiger partial charge in [0.1, 0.15) is 0 Å². The molecule has 4 aliphatic rings. The van der Waals surface area contributed by atoms with Gasteiger partial charge in [-0.3, -0.25) is 4.79 Å². The molecule has 1 aliphatic heterocycles. The fourth-order valence-corrected chi connectivity index (χ4v) is 6.32. The molecule has 148 valence electrons. The van der Waals surface area contributed by atoms with E-state index in [-0.39, 0.29) is 5.91 Å². The van der Waals surface area contributed by atoms with Crippen molar-refractivity contribution in [2.24, 2.45) is 0 Å². The summed E-state index contributed by atoms with van der Waals surface area (Å²) in [6, 6.07) is 4.83. The molecule has 2 heterocycles. The highest BCUT2D eigenvalue weighted by atomic mass is 32.1. The highest BCUT2D eigenvalue weighted by Crippen LogP contribution is 2.45. The first-order chi connectivity index (χ1) is 13.2. The standard InChI is InChI=1S/C22H33N3OS/c1-14-18(22(26)24-15-4-2-3-5-15)13-21(27-14)19-12-20(19)23-16-8-10-25(11-9-16)17-6-7-17/h13,15-17,19-20,23H,2-12H2,1H3,(H,24,26). The van der Waals surface area contributed by atoms with Gasteiger partial charge in [0.15, 0.2) is 0 Å². The second-order valence-electron chi connectivity index (χ2n) is 9.23. The van der Waals surface area contributed by atoms with Gasteiger partial charge >= 0.3 is 0 Å². The lowest BCUT2D eigenvalue weighted by Gasteiger charge is -2.32. The number of piperidine rings is 1. The number of aryl methyl sites for hydroxylation is 1. The van der Waals surface area contributed by atoms with Crippen molar-refractivity contribution in [2.75, 3.05) is 13.1 Å². The molecule has 1 aromatic heterocycles. The first kappa shape index (κ1) is 18.1. The van der Waals surface area contributed by atoms with Crippen LogP contribution in [0, 0.1) is 6.92 Å². The smallest absolute Gasteiger partial charge is 0.252 e. The zero-order chi connectivity index (χ0) is 18.4. The average Bonchev–Trinajstić information content (AvgIpc) is 3.56. The highest BCUT2D eigenvalue weighted by Gasteiger charge is 2.42. The fraction of sp³-hybridized carbons (Fsp3) is 0.773. The molecule has 3 saturated carbocycles. The minimum atomic E-state index is 0.152. The van der Waals surface area contributed by atoms with Crippen molar-refractivity contribution in [1.82, 2.24) is 15.5 Å². The summed E-state index contributed by atoms with van der Waals surface area (Å²) in [7, 11) is 0. The maximum Gasteiger partial charge on any atom is 0.252 e. The van der Waals surface area contributed by atoms with Gasteiger partial charge in [-0.15, -0.1) is 11.3 Å². The van der Waals surface area contributed by atoms with Crippen LogP contribution in [-0.4, -0.2) is 48.1 Å². The molecule has 4 nitrogen and oxygen atoms in total. The summed E-state index contributed by atoms with van der Waals surface area (Å²) in [4.78, 5) is 17.9. The Kier molecular flexibility index (Phi) is 5.03. The summed E-state index contributed by atoms with van der Waals surface area (Å²) in [6.07, 6.45) is 11.5. The zero-order valence-electron chi connectivity index (χ0n) is 16.5. The van der Waals surface area contributed by atoms with E-state index >= 15 is 0 Å². The van der Waals surface area contributed by atoms with Crippen molar-refractivity contribution < 1.29 is 4.79 Å². The van der Waals surface area contributed by atoms with Crippen molar-refractivity contribution in [3.63, 3.8) is 0 Å². The van der Waals surface area contributed by atoms with Crippen LogP contribution in [-0.2, 0) is 0 Å². The molecule has 0 bridgehead atoms. The molecule has 5 rings (SSSR count). The molecule has 1 amide bonds. The first-order valence-electron chi connectivity index (χ1n) is 11.1. The summed E-state index contributed by atoms with van der Waals surface area (Å²) in [5.41, 5.74) is 0.922. The number of carbonyl (C=O) groups excluding carboxylic acids is 1. The van der Waals surface area contributed by atoms with E-state index in [0.29, 0.717) is 24.0 Å². The molecule has 5 heteroatoms. The highest BCUT2D eigenvalue weighted by molar-refractivity contribution is 7.12. The van der Waals surface area contributed by atoms with Gasteiger partial charge in [-0.1, -0.05) is 12.8 Å². The van der Waals surface area contributed by atoms with E-state index in [2.05, 4.69) is 28.5 Å². The third kappa shape index (κ3) is 4.10. The molecule has 2 atom stereocenters. The van der Waals surface area contributed by atoms with E-state index in [1.54, 1.807) is 0 Å². The van der Waals surface area contributed by atoms with Gasteiger partial charge in [0.25, 0.3) is 5.91 Å². The Morgan fingerprint density at radius 1 is 1.07 bits per heavy atom. The predicted molar refractivity (Wildman–Crippen MR) is 111 cm³/mol. The summed E-state index contributed by atoms with van der Waals surface area (Å²) >= 11 is 1.84. The largest absolute Gasteiger partial charge is 0.349 e. The summed E-state index contributed by atoms with van der Waals surface area (Å²) in [6.45, 7) is 4.67. The predicted octanol–water partition coefficient (Wildman–Crippen LogP) is 3.80. The Morgan fingerprint density at radius 3 is 2.52 bits per heavy atom. The lowest BCUT2D eigenvalue weighted by atomic mass is 10.0. The number of hydrogen-bond donors (Lipinski definition) is 2. The number of amides is 1. The van der Waals surface area contributed by atoms with Crippen LogP contribution in [0.4, 0.5) is 0 Å². The molecular weight excluding hydrogens is 354 g/mol. The number of nitrogens with one attached hydrogen (secondary N) is 2. The lowest BCUT2D eigenvalue weighted by molar-refractivity contribution is 0.0937. The molecule has 0 aromatic carbocycles. The molecule has 2 unspecified atom stereocenters. The third-order valence-electron chi connectivity index (χ3n) is 7.07. The number of nitrogens with zero attached hydrogens (tertiary/aromatic N) is 1. The molecule has 3 aliphatic carbocycles. The van der Waals surface area contributed by atoms with Crippen molar-refractivity contribution in [1.29, 1.82) is 0 Å². The molecule has 1 saturated heterocycles. The number of rotatable bonds is 6. The Morgan fingerprint density at radius 2 is 1.81 bits per heavy atom. The SMILES string of the molecule is Cc1sc(C2CC2NC2CCN(C3CC3)CC2)cc1C(=O)NC1CCCC1. The second kappa shape index (κ2) is 7.49. The topological polar surface area (TPSA) is 44.4 Å². The van der Waals surface area contributed by atoms with Gasteiger partial charge in [-0.2, -0.15) is 0 Å². The van der Waals surface area contributed by atoms with Crippen LogP contribution in [0.25, 0.3) is 0 Å². The van der Waals surface area contributed by atoms with Crippen molar-refractivity contribution in [3.8, 4) is 0 Å². The van der Waals surface area contributed by atoms with Gasteiger partial charge < -0.3 is 15.5 Å². The van der Waals surface area contributed by atoms with Crippen molar-refractivity contribution >= 4 is 17.2 Å². The van der Waals surface area contributed by atoms with Gasteiger partial charge in [-0.25, -0.2) is 0 Å². The molecular formula is C22H33N3OS. The fourth-order valence-electron chi connectivity index (χ4n) is 5.11. The molecule has 0 spiro atoms. The minimum absolute atomic E-state index is 0.152. The first-order valence-corrected chi connectivity index (χ1v) is 11.9. The van der Waals surface area contributed by atoms with E-state index in [1.165, 1.54) is 67.8 Å². The molecule has 1 aromatic rings. The van der Waals surface area contributed by atoms with Crippen LogP contribution in [0.5, 0.6) is 0 Å². The van der Waals surface area contributed by atoms with Gasteiger partial charge in [-0.05, 0) is 71.0 Å². The number of hydrogen-bond acceptors (Lipinski definition) is 4. The maximum absolute atomic E-state index is 12.6. The van der Waals surface area contributed by atoms with Crippen LogP contribution >= 0.6 is 11.3 Å². The number of likely N-dealkylation sites (tertiary alicyclic amines) is 1. The van der Waals surface area contributed by atoms with Gasteiger partial charge in [0.05, 0.1) is 5.56 Å². The molecule has 27 heavy (non-hydrogen) atoms. The van der Waals surface area contributed by atoms with Crippen LogP contribution in [0.3, 0.4) is 0 Å². The summed E-state index contributed by atoms with van der Waals surface area (Å²) in [5.74, 6) is 0.780. The van der Waals surface area contributed by atoms with E-state index in [1.807, 2.05) is 11.3 Å². The van der Waals surface area contributed by atoms with Crippen molar-refractivity contribution in [2.45, 2.75) is 94.8 Å². The normalized spacial score (nSPS) is 30.0. The van der Waals surface area contributed by atoms with E-state index in [9.17, 15) is 4.79 Å². The zero-order valence-corrected chi connectivity index (χ0v) is 17.3. The number of carbonyl (C=O) groups is 1. The van der Waals surface area contributed by atoms with Crippen molar-refractivity contribution in [3.05, 3.63) is 21.4 Å². The van der Waals surface area contributed by atoms with E-state index < -0.39 is 0 Å². The van der Waals surface area contributed by atoms with Crippen LogP contribution in [0.1, 0.15) is 83.8 Å². The molecule has 0 radical (unpaired) electrons. The van der Waals surface area contributed by atoms with Crippen LogP contribution in [0.15, 0.2) is 6.07 Å². The monoisotopic (exact) mass is 387 g/mol. The van der Waals surface area contributed by atoms with E-state index in [0.717, 1.165) is 24.4 Å². The average molecular weight is 388 g/mol. The number of thiophene rings is 1. The Hall–Kier alpha value is -0.910. The quantitative estimate of drug-likeness (QED) is 0.780. The Labute approximate surface area is 167 Å². The summed E-state index contributed by atoms with van der Waals surface area (Å²) < 4.78 is 0. The minimum Gasteiger partial charge on any atom is -0.349 e. The van der Waals surface area contributed by atoms with Crippen LogP contribution in [0.2, 0.25) is 0 Å². The molecule has 4 fully saturated rings. The van der Waals surface area contributed by atoms with Gasteiger partial charge in [0, 0.05) is 39.8 Å². The Bertz CT molecular complexity index is 684. The maximum atomic E-state index is 12.6. The van der Waals surface area contributed by atoms with Crippen LogP contribution < -0.4 is 10.6 Å². The molecule has 2 N–H and O–H groups in total. The third-order valence-corrected chi connectivity index (χ3v) is 8.25. The Balaban J connectivity index is 1.13. The van der Waals surface area contributed by atoms with Gasteiger partial charge in [0.2, 0.25) is 0 Å². The summed E-state index contributed by atoms with van der Waals surface area (Å²) in [5, 5.41) is 7.17. The lowest BCUT2D eigenvalue weighted by Crippen LogP contribution is -2.44. The second-order valence-corrected chi connectivity index (χ2v) is 10.5. The van der Waals surface area contributed by atoms with E-state index in [4.69, 9.17) is 0 Å².